The van der Waals surface area contributed by atoms with Crippen molar-refractivity contribution in [2.75, 3.05) is 22.9 Å². The number of amides is 4. The van der Waals surface area contributed by atoms with Gasteiger partial charge in [0.05, 0.1) is 6.42 Å². The van der Waals surface area contributed by atoms with E-state index in [1.54, 1.807) is 42.6 Å². The van der Waals surface area contributed by atoms with Gasteiger partial charge in [-0.15, -0.1) is 0 Å². The van der Waals surface area contributed by atoms with Crippen LogP contribution in [0.5, 0.6) is 0 Å². The van der Waals surface area contributed by atoms with E-state index >= 15 is 8.78 Å². The van der Waals surface area contributed by atoms with Crippen molar-refractivity contribution in [3.05, 3.63) is 89.1 Å². The molecular weight excluding hydrogens is 478 g/mol. The molecule has 9 heteroatoms. The van der Waals surface area contributed by atoms with E-state index in [4.69, 9.17) is 0 Å². The van der Waals surface area contributed by atoms with Gasteiger partial charge in [0.25, 0.3) is 5.91 Å². The first-order valence-corrected chi connectivity index (χ1v) is 11.6. The summed E-state index contributed by atoms with van der Waals surface area (Å²) in [6, 6.07) is 13.5. The Bertz CT molecular complexity index is 1480. The van der Waals surface area contributed by atoms with Crippen LogP contribution < -0.4 is 9.80 Å². The average Bonchev–Trinajstić information content (AvgIpc) is 2.86. The van der Waals surface area contributed by atoms with Gasteiger partial charge in [-0.25, -0.2) is 23.5 Å². The normalized spacial score (nSPS) is 19.5. The van der Waals surface area contributed by atoms with Gasteiger partial charge >= 0.3 is 6.03 Å². The van der Waals surface area contributed by atoms with Gasteiger partial charge in [-0.1, -0.05) is 30.0 Å². The molecule has 2 aliphatic rings. The number of benzene rings is 2. The number of hydrogen-bond acceptors (Lipinski definition) is 4. The number of aromatic nitrogens is 1. The van der Waals surface area contributed by atoms with Crippen molar-refractivity contribution in [1.82, 2.24) is 9.88 Å². The monoisotopic (exact) mass is 500 g/mol. The summed E-state index contributed by atoms with van der Waals surface area (Å²) in [6.45, 7) is 3.53. The fourth-order valence-corrected chi connectivity index (χ4v) is 4.66. The third-order valence-electron chi connectivity index (χ3n) is 6.56. The fraction of sp³-hybridized carbons (Fsp3) is 0.214. The maximum absolute atomic E-state index is 15.1. The third kappa shape index (κ3) is 4.20. The second-order valence-electron chi connectivity index (χ2n) is 9.17. The quantitative estimate of drug-likeness (QED) is 0.498. The van der Waals surface area contributed by atoms with Crippen molar-refractivity contribution in [1.29, 1.82) is 0 Å². The molecule has 2 saturated heterocycles. The molecular formula is C28H22F2N4O3. The minimum absolute atomic E-state index is 0.0544. The summed E-state index contributed by atoms with van der Waals surface area (Å²) in [4.78, 5) is 47.4. The highest BCUT2D eigenvalue weighted by Gasteiger charge is 2.56. The number of carbonyl (C=O) groups is 3. The van der Waals surface area contributed by atoms with E-state index in [9.17, 15) is 14.4 Å². The predicted molar refractivity (Wildman–Crippen MR) is 133 cm³/mol. The zero-order chi connectivity index (χ0) is 26.3. The number of halogens is 2. The van der Waals surface area contributed by atoms with E-state index in [-0.39, 0.29) is 18.7 Å². The van der Waals surface area contributed by atoms with Crippen LogP contribution in [0.15, 0.2) is 60.8 Å². The first kappa shape index (κ1) is 24.1. The minimum Gasteiger partial charge on any atom is -0.307 e. The standard InChI is InChI=1S/C28H22F2N4O3/c1-18-10-11-31-23(14-18)32-12-13-33-27(37)34(24(35)17-28(33,2)26(32)36)25-21(29)15-20(16-22(25)30)9-8-19-6-4-3-5-7-19/h3-7,10-11,14-16H,12-13,17H2,1-2H3/t28-/m0/s1. The van der Waals surface area contributed by atoms with E-state index in [0.29, 0.717) is 16.3 Å². The maximum Gasteiger partial charge on any atom is 0.332 e. The molecule has 0 bridgehead atoms. The lowest BCUT2D eigenvalue weighted by molar-refractivity contribution is -0.137. The molecule has 7 nitrogen and oxygen atoms in total. The van der Waals surface area contributed by atoms with Crippen molar-refractivity contribution in [2.45, 2.75) is 25.8 Å². The highest BCUT2D eigenvalue weighted by Crippen LogP contribution is 2.37. The predicted octanol–water partition coefficient (Wildman–Crippen LogP) is 4.03. The Hall–Kier alpha value is -4.58. The number of fused-ring (bicyclic) bond motifs is 1. The van der Waals surface area contributed by atoms with Gasteiger partial charge < -0.3 is 4.90 Å². The van der Waals surface area contributed by atoms with Gasteiger partial charge in [0, 0.05) is 30.4 Å². The molecule has 0 aliphatic carbocycles. The van der Waals surface area contributed by atoms with Crippen LogP contribution in [0, 0.1) is 30.4 Å². The number of rotatable bonds is 2. The zero-order valence-electron chi connectivity index (χ0n) is 20.2. The van der Waals surface area contributed by atoms with E-state index in [1.165, 1.54) is 16.7 Å². The van der Waals surface area contributed by atoms with Crippen LogP contribution in [-0.4, -0.2) is 46.4 Å². The van der Waals surface area contributed by atoms with Crippen LogP contribution in [0.4, 0.5) is 25.1 Å². The summed E-state index contributed by atoms with van der Waals surface area (Å²) in [6.07, 6.45) is 1.14. The smallest absolute Gasteiger partial charge is 0.307 e. The number of carbonyl (C=O) groups excluding carboxylic acids is 3. The highest BCUT2D eigenvalue weighted by molar-refractivity contribution is 6.20. The lowest BCUT2D eigenvalue weighted by Crippen LogP contribution is -2.73. The highest BCUT2D eigenvalue weighted by atomic mass is 19.1. The zero-order valence-corrected chi connectivity index (χ0v) is 20.2. The topological polar surface area (TPSA) is 73.8 Å². The summed E-state index contributed by atoms with van der Waals surface area (Å²) >= 11 is 0. The first-order valence-electron chi connectivity index (χ1n) is 11.6. The maximum atomic E-state index is 15.1. The molecule has 3 heterocycles. The average molecular weight is 501 g/mol. The molecule has 1 atom stereocenters. The summed E-state index contributed by atoms with van der Waals surface area (Å²) in [5.74, 6) is 2.36. The molecule has 0 saturated carbocycles. The molecule has 0 N–H and O–H groups in total. The molecule has 3 aromatic rings. The summed E-state index contributed by atoms with van der Waals surface area (Å²) < 4.78 is 30.3. The Kier molecular flexibility index (Phi) is 5.96. The number of anilines is 2. The first-order chi connectivity index (χ1) is 17.7. The van der Waals surface area contributed by atoms with Gasteiger partial charge in [-0.3, -0.25) is 14.5 Å². The molecule has 0 unspecified atom stereocenters. The van der Waals surface area contributed by atoms with Gasteiger partial charge in [0.1, 0.15) is 17.0 Å². The van der Waals surface area contributed by atoms with Crippen molar-refractivity contribution >= 4 is 29.4 Å². The molecule has 5 rings (SSSR count). The minimum atomic E-state index is -1.51. The number of urea groups is 1. The summed E-state index contributed by atoms with van der Waals surface area (Å²) in [5, 5.41) is 0. The van der Waals surface area contributed by atoms with Gasteiger partial charge in [-0.05, 0) is 55.8 Å². The molecule has 4 amide bonds. The molecule has 1 aromatic heterocycles. The van der Waals surface area contributed by atoms with E-state index < -0.39 is 47.1 Å². The van der Waals surface area contributed by atoms with Crippen molar-refractivity contribution in [3.8, 4) is 11.8 Å². The Labute approximate surface area is 212 Å². The van der Waals surface area contributed by atoms with Crippen LogP contribution in [0.1, 0.15) is 30.0 Å². The molecule has 0 radical (unpaired) electrons. The molecule has 2 fully saturated rings. The Morgan fingerprint density at radius 1 is 0.919 bits per heavy atom. The van der Waals surface area contributed by atoms with Crippen LogP contribution >= 0.6 is 0 Å². The second kappa shape index (κ2) is 9.13. The SMILES string of the molecule is Cc1ccnc(N2CCN3C(=O)N(c4c(F)cc(C#Cc5ccccc5)cc4F)C(=O)C[C@@]3(C)C2=O)c1. The van der Waals surface area contributed by atoms with Crippen LogP contribution in [0.2, 0.25) is 0 Å². The fourth-order valence-electron chi connectivity index (χ4n) is 4.66. The number of aryl methyl sites for hydroxylation is 1. The van der Waals surface area contributed by atoms with Crippen LogP contribution in [0.3, 0.4) is 0 Å². The summed E-state index contributed by atoms with van der Waals surface area (Å²) in [7, 11) is 0. The Balaban J connectivity index is 1.44. The Morgan fingerprint density at radius 3 is 2.27 bits per heavy atom. The van der Waals surface area contributed by atoms with Crippen LogP contribution in [0.25, 0.3) is 0 Å². The number of piperazine rings is 1. The molecule has 0 spiro atoms. The van der Waals surface area contributed by atoms with Gasteiger partial charge in [0.15, 0.2) is 11.6 Å². The van der Waals surface area contributed by atoms with Crippen molar-refractivity contribution in [2.24, 2.45) is 0 Å². The molecule has 2 aliphatic heterocycles. The lowest BCUT2D eigenvalue weighted by Gasteiger charge is -2.51. The number of nitrogens with zero attached hydrogens (tertiary/aromatic N) is 4. The van der Waals surface area contributed by atoms with Crippen molar-refractivity contribution in [3.63, 3.8) is 0 Å². The largest absolute Gasteiger partial charge is 0.332 e. The van der Waals surface area contributed by atoms with Crippen molar-refractivity contribution < 1.29 is 23.2 Å². The number of imide groups is 1. The number of hydrogen-bond donors (Lipinski definition) is 0. The third-order valence-corrected chi connectivity index (χ3v) is 6.56. The Morgan fingerprint density at radius 2 is 1.59 bits per heavy atom. The molecule has 2 aromatic carbocycles. The molecule has 37 heavy (non-hydrogen) atoms. The summed E-state index contributed by atoms with van der Waals surface area (Å²) in [5.41, 5.74) is -0.674. The van der Waals surface area contributed by atoms with E-state index in [0.717, 1.165) is 17.7 Å². The van der Waals surface area contributed by atoms with E-state index in [2.05, 4.69) is 16.8 Å². The number of pyridine rings is 1. The van der Waals surface area contributed by atoms with E-state index in [1.807, 2.05) is 13.0 Å². The lowest BCUT2D eigenvalue weighted by atomic mass is 9.88. The van der Waals surface area contributed by atoms with Gasteiger partial charge in [0.2, 0.25) is 5.91 Å². The molecule has 186 valence electrons. The van der Waals surface area contributed by atoms with Crippen LogP contribution in [-0.2, 0) is 9.59 Å². The second-order valence-corrected chi connectivity index (χ2v) is 9.17. The van der Waals surface area contributed by atoms with Gasteiger partial charge in [-0.2, -0.15) is 0 Å².